The highest BCUT2D eigenvalue weighted by molar-refractivity contribution is 5.49. The average molecular weight is 234 g/mol. The van der Waals surface area contributed by atoms with E-state index in [2.05, 4.69) is 24.1 Å². The van der Waals surface area contributed by atoms with Crippen molar-refractivity contribution >= 4 is 0 Å². The number of hydrogen-bond acceptors (Lipinski definition) is 2. The van der Waals surface area contributed by atoms with Crippen molar-refractivity contribution < 1.29 is 4.39 Å². The van der Waals surface area contributed by atoms with Crippen LogP contribution in [0.3, 0.4) is 0 Å². The normalized spacial score (nSPS) is 29.1. The molecule has 0 amide bonds. The molecule has 1 unspecified atom stereocenters. The third kappa shape index (κ3) is 2.67. The monoisotopic (exact) mass is 234 g/mol. The van der Waals surface area contributed by atoms with Gasteiger partial charge in [0, 0.05) is 24.7 Å². The van der Waals surface area contributed by atoms with E-state index in [0.717, 1.165) is 29.8 Å². The smallest absolute Gasteiger partial charge is 0.119 e. The third-order valence-corrected chi connectivity index (χ3v) is 3.33. The topological polar surface area (TPSA) is 24.1 Å². The highest BCUT2D eigenvalue weighted by Gasteiger charge is 2.20. The van der Waals surface area contributed by atoms with Crippen molar-refractivity contribution in [1.29, 1.82) is 0 Å². The van der Waals surface area contributed by atoms with Crippen molar-refractivity contribution in [3.05, 3.63) is 47.0 Å². The molecule has 0 fully saturated rings. The first-order chi connectivity index (χ1) is 8.08. The Morgan fingerprint density at radius 3 is 2.88 bits per heavy atom. The predicted molar refractivity (Wildman–Crippen MR) is 69.2 cm³/mol. The van der Waals surface area contributed by atoms with E-state index in [1.54, 1.807) is 6.08 Å². The molecule has 0 aromatic heterocycles. The zero-order valence-corrected chi connectivity index (χ0v) is 10.4. The molecule has 0 saturated heterocycles. The zero-order chi connectivity index (χ0) is 12.4. The average Bonchev–Trinajstić information content (AvgIpc) is 2.36. The fraction of sp³-hybridized carbons (Fsp3) is 0.429. The lowest BCUT2D eigenvalue weighted by atomic mass is 9.93. The van der Waals surface area contributed by atoms with Crippen LogP contribution in [0.5, 0.6) is 0 Å². The molecule has 2 heterocycles. The fourth-order valence-electron chi connectivity index (χ4n) is 2.16. The Kier molecular flexibility index (Phi) is 3.48. The van der Waals surface area contributed by atoms with E-state index >= 15 is 0 Å². The van der Waals surface area contributed by atoms with E-state index < -0.39 is 0 Å². The Morgan fingerprint density at radius 1 is 1.35 bits per heavy atom. The molecule has 2 N–H and O–H groups in total. The first kappa shape index (κ1) is 12.1. The van der Waals surface area contributed by atoms with Crippen molar-refractivity contribution in [2.24, 2.45) is 0 Å². The van der Waals surface area contributed by atoms with Gasteiger partial charge in [0.2, 0.25) is 0 Å². The lowest BCUT2D eigenvalue weighted by Gasteiger charge is -2.28. The highest BCUT2D eigenvalue weighted by Crippen LogP contribution is 2.25. The molecular formula is C14H19FN2. The second kappa shape index (κ2) is 4.88. The van der Waals surface area contributed by atoms with Crippen LogP contribution in [0.15, 0.2) is 47.0 Å². The van der Waals surface area contributed by atoms with Gasteiger partial charge >= 0.3 is 0 Å². The van der Waals surface area contributed by atoms with E-state index in [0.29, 0.717) is 6.04 Å². The standard InChI is InChI=1S/C14H19FN2/c1-9-4-5-12(15)7-17-14-6-10(2)16-8-13(14)11(9)3/h4-5,10,16-17H,3,6-8H2,1-2H3/b9-4?,12-5+. The summed E-state index contributed by atoms with van der Waals surface area (Å²) in [5, 5.41) is 6.61. The number of nitrogens with one attached hydrogen (secondary N) is 2. The van der Waals surface area contributed by atoms with Crippen molar-refractivity contribution in [1.82, 2.24) is 10.6 Å². The zero-order valence-electron chi connectivity index (χ0n) is 10.4. The van der Waals surface area contributed by atoms with Crippen LogP contribution in [0, 0.1) is 0 Å². The van der Waals surface area contributed by atoms with Crippen molar-refractivity contribution in [2.75, 3.05) is 13.1 Å². The summed E-state index contributed by atoms with van der Waals surface area (Å²) in [5.74, 6) is -0.142. The van der Waals surface area contributed by atoms with Gasteiger partial charge in [0.1, 0.15) is 5.83 Å². The van der Waals surface area contributed by atoms with Crippen molar-refractivity contribution in [3.63, 3.8) is 0 Å². The SMILES string of the molecule is C=C1C(C)=C/C=C(/F)CNC2=C1CNC(C)C2. The van der Waals surface area contributed by atoms with E-state index in [4.69, 9.17) is 0 Å². The number of hydrogen-bond donors (Lipinski definition) is 2. The first-order valence-electron chi connectivity index (χ1n) is 6.00. The van der Waals surface area contributed by atoms with Crippen molar-refractivity contribution in [2.45, 2.75) is 26.3 Å². The minimum atomic E-state index is -0.142. The van der Waals surface area contributed by atoms with E-state index in [1.165, 1.54) is 11.6 Å². The van der Waals surface area contributed by atoms with Crippen LogP contribution in [-0.2, 0) is 0 Å². The molecule has 0 saturated carbocycles. The molecule has 2 aliphatic rings. The summed E-state index contributed by atoms with van der Waals surface area (Å²) in [4.78, 5) is 0. The molecular weight excluding hydrogens is 215 g/mol. The molecule has 0 aromatic carbocycles. The molecule has 17 heavy (non-hydrogen) atoms. The molecule has 0 bridgehead atoms. The minimum Gasteiger partial charge on any atom is -0.382 e. The Balaban J connectivity index is 2.37. The maximum Gasteiger partial charge on any atom is 0.119 e. The fourth-order valence-corrected chi connectivity index (χ4v) is 2.16. The van der Waals surface area contributed by atoms with E-state index in [1.807, 2.05) is 6.92 Å². The molecule has 2 aliphatic heterocycles. The first-order valence-corrected chi connectivity index (χ1v) is 6.00. The second-order valence-corrected chi connectivity index (χ2v) is 4.74. The van der Waals surface area contributed by atoms with E-state index in [-0.39, 0.29) is 12.4 Å². The number of rotatable bonds is 0. The largest absolute Gasteiger partial charge is 0.382 e. The Bertz CT molecular complexity index is 430. The maximum atomic E-state index is 13.4. The number of allylic oxidation sites excluding steroid dienone is 3. The van der Waals surface area contributed by atoms with Gasteiger partial charge in [-0.2, -0.15) is 0 Å². The lowest BCUT2D eigenvalue weighted by molar-refractivity contribution is 0.509. The van der Waals surface area contributed by atoms with Crippen LogP contribution in [0.25, 0.3) is 0 Å². The highest BCUT2D eigenvalue weighted by atomic mass is 19.1. The summed E-state index contributed by atoms with van der Waals surface area (Å²) in [6.45, 7) is 9.29. The van der Waals surface area contributed by atoms with Crippen LogP contribution in [0.1, 0.15) is 20.3 Å². The van der Waals surface area contributed by atoms with Gasteiger partial charge in [-0.25, -0.2) is 4.39 Å². The summed E-state index contributed by atoms with van der Waals surface area (Å²) < 4.78 is 13.4. The Hall–Kier alpha value is -1.35. The van der Waals surface area contributed by atoms with Gasteiger partial charge in [0.05, 0.1) is 6.54 Å². The summed E-state index contributed by atoms with van der Waals surface area (Å²) in [5.41, 5.74) is 4.32. The molecule has 1 atom stereocenters. The Morgan fingerprint density at radius 2 is 2.12 bits per heavy atom. The van der Waals surface area contributed by atoms with Crippen LogP contribution < -0.4 is 10.6 Å². The Labute approximate surface area is 102 Å². The summed E-state index contributed by atoms with van der Waals surface area (Å²) >= 11 is 0. The second-order valence-electron chi connectivity index (χ2n) is 4.74. The lowest BCUT2D eigenvalue weighted by Crippen LogP contribution is -2.37. The van der Waals surface area contributed by atoms with Gasteiger partial charge in [0.15, 0.2) is 0 Å². The molecule has 0 spiro atoms. The molecule has 0 aliphatic carbocycles. The van der Waals surface area contributed by atoms with Gasteiger partial charge < -0.3 is 10.6 Å². The molecule has 92 valence electrons. The predicted octanol–water partition coefficient (Wildman–Crippen LogP) is 2.58. The summed E-state index contributed by atoms with van der Waals surface area (Å²) in [7, 11) is 0. The van der Waals surface area contributed by atoms with E-state index in [9.17, 15) is 4.39 Å². The molecule has 0 aromatic rings. The quantitative estimate of drug-likeness (QED) is 0.673. The summed E-state index contributed by atoms with van der Waals surface area (Å²) in [6.07, 6.45) is 4.21. The van der Waals surface area contributed by atoms with Gasteiger partial charge in [0.25, 0.3) is 0 Å². The van der Waals surface area contributed by atoms with Gasteiger partial charge in [-0.05, 0) is 36.6 Å². The van der Waals surface area contributed by atoms with Gasteiger partial charge in [-0.3, -0.25) is 0 Å². The molecule has 0 radical (unpaired) electrons. The third-order valence-electron chi connectivity index (χ3n) is 3.33. The molecule has 3 heteroatoms. The van der Waals surface area contributed by atoms with Crippen LogP contribution in [0.2, 0.25) is 0 Å². The van der Waals surface area contributed by atoms with Crippen molar-refractivity contribution in [3.8, 4) is 0 Å². The minimum absolute atomic E-state index is 0.142. The summed E-state index contributed by atoms with van der Waals surface area (Å²) in [6, 6.07) is 0.422. The van der Waals surface area contributed by atoms with Crippen LogP contribution >= 0.6 is 0 Å². The number of halogens is 1. The maximum absolute atomic E-state index is 13.4. The van der Waals surface area contributed by atoms with Gasteiger partial charge in [-0.1, -0.05) is 12.7 Å². The van der Waals surface area contributed by atoms with Crippen LogP contribution in [0.4, 0.5) is 4.39 Å². The van der Waals surface area contributed by atoms with Crippen LogP contribution in [-0.4, -0.2) is 19.1 Å². The molecule has 2 rings (SSSR count). The van der Waals surface area contributed by atoms with Gasteiger partial charge in [-0.15, -0.1) is 0 Å². The molecule has 2 nitrogen and oxygen atoms in total.